The third-order valence-electron chi connectivity index (χ3n) is 4.87. The van der Waals surface area contributed by atoms with E-state index in [0.717, 1.165) is 41.5 Å². The summed E-state index contributed by atoms with van der Waals surface area (Å²) in [4.78, 5) is 0. The Hall–Kier alpha value is -0.700. The predicted octanol–water partition coefficient (Wildman–Crippen LogP) is 4.30. The molecular weight excluding hydrogens is 440 g/mol. The highest BCUT2D eigenvalue weighted by atomic mass is 79.9. The van der Waals surface area contributed by atoms with Gasteiger partial charge in [-0.1, -0.05) is 0 Å². The van der Waals surface area contributed by atoms with Crippen molar-refractivity contribution >= 4 is 31.9 Å². The van der Waals surface area contributed by atoms with Crippen LogP contribution in [0.1, 0.15) is 44.6 Å². The van der Waals surface area contributed by atoms with Gasteiger partial charge in [0.2, 0.25) is 0 Å². The monoisotopic (exact) mass is 458 g/mol. The van der Waals surface area contributed by atoms with Crippen LogP contribution in [0.15, 0.2) is 33.7 Å². The van der Waals surface area contributed by atoms with Crippen LogP contribution < -0.4 is 0 Å². The molecule has 0 N–H and O–H groups in total. The molecule has 24 heavy (non-hydrogen) atoms. The van der Waals surface area contributed by atoms with E-state index in [9.17, 15) is 0 Å². The van der Waals surface area contributed by atoms with Gasteiger partial charge >= 0.3 is 0 Å². The zero-order chi connectivity index (χ0) is 16.5. The molecule has 0 spiro atoms. The molecule has 130 valence electrons. The third-order valence-corrected chi connectivity index (χ3v) is 5.92. The SMILES string of the molecule is Brc1ccn(C2CCCC(C3CCOC(n4nccc4Br)C3)O2)n1. The summed E-state index contributed by atoms with van der Waals surface area (Å²) in [5.41, 5.74) is 0. The molecule has 8 heteroatoms. The molecule has 2 saturated heterocycles. The molecule has 4 atom stereocenters. The van der Waals surface area contributed by atoms with E-state index >= 15 is 0 Å². The van der Waals surface area contributed by atoms with Crippen LogP contribution in [0.4, 0.5) is 0 Å². The second-order valence-electron chi connectivity index (χ2n) is 6.39. The van der Waals surface area contributed by atoms with Gasteiger partial charge in [-0.25, -0.2) is 9.36 Å². The van der Waals surface area contributed by atoms with Crippen LogP contribution in [0.2, 0.25) is 0 Å². The summed E-state index contributed by atoms with van der Waals surface area (Å²) < 4.78 is 18.0. The fraction of sp³-hybridized carbons (Fsp3) is 0.625. The first-order valence-corrected chi connectivity index (χ1v) is 9.96. The predicted molar refractivity (Wildman–Crippen MR) is 95.3 cm³/mol. The fourth-order valence-corrected chi connectivity index (χ4v) is 4.41. The lowest BCUT2D eigenvalue weighted by Gasteiger charge is -2.39. The van der Waals surface area contributed by atoms with E-state index in [4.69, 9.17) is 9.47 Å². The lowest BCUT2D eigenvalue weighted by atomic mass is 9.88. The summed E-state index contributed by atoms with van der Waals surface area (Å²) in [6.45, 7) is 0.749. The van der Waals surface area contributed by atoms with Gasteiger partial charge in [-0.2, -0.15) is 10.2 Å². The smallest absolute Gasteiger partial charge is 0.151 e. The summed E-state index contributed by atoms with van der Waals surface area (Å²) in [5, 5.41) is 8.81. The molecule has 2 aliphatic heterocycles. The van der Waals surface area contributed by atoms with Crippen molar-refractivity contribution in [2.75, 3.05) is 6.61 Å². The Morgan fingerprint density at radius 2 is 2.04 bits per heavy atom. The molecule has 0 bridgehead atoms. The van der Waals surface area contributed by atoms with Crippen molar-refractivity contribution < 1.29 is 9.47 Å². The van der Waals surface area contributed by atoms with E-state index in [1.807, 2.05) is 27.7 Å². The summed E-state index contributed by atoms with van der Waals surface area (Å²) in [6.07, 6.45) is 9.30. The first-order valence-electron chi connectivity index (χ1n) is 8.37. The number of ether oxygens (including phenoxy) is 2. The van der Waals surface area contributed by atoms with Crippen molar-refractivity contribution in [1.29, 1.82) is 0 Å². The Balaban J connectivity index is 1.44. The summed E-state index contributed by atoms with van der Waals surface area (Å²) in [6, 6.07) is 3.89. The second kappa shape index (κ2) is 7.27. The molecule has 4 unspecified atom stereocenters. The molecule has 4 heterocycles. The number of halogens is 2. The van der Waals surface area contributed by atoms with E-state index < -0.39 is 0 Å². The van der Waals surface area contributed by atoms with Crippen LogP contribution in [0.25, 0.3) is 0 Å². The van der Waals surface area contributed by atoms with E-state index in [1.54, 1.807) is 6.20 Å². The summed E-state index contributed by atoms with van der Waals surface area (Å²) in [7, 11) is 0. The van der Waals surface area contributed by atoms with Gasteiger partial charge in [0, 0.05) is 12.8 Å². The van der Waals surface area contributed by atoms with Crippen molar-refractivity contribution in [1.82, 2.24) is 19.6 Å². The van der Waals surface area contributed by atoms with E-state index in [-0.39, 0.29) is 18.6 Å². The Bertz CT molecular complexity index is 689. The van der Waals surface area contributed by atoms with Crippen molar-refractivity contribution in [3.8, 4) is 0 Å². The molecular formula is C16H20Br2N4O2. The fourth-order valence-electron chi connectivity index (χ4n) is 3.67. The number of aromatic nitrogens is 4. The molecule has 0 aromatic carbocycles. The maximum atomic E-state index is 6.40. The maximum absolute atomic E-state index is 6.40. The van der Waals surface area contributed by atoms with Crippen molar-refractivity contribution in [3.63, 3.8) is 0 Å². The molecule has 2 aromatic heterocycles. The minimum atomic E-state index is -0.0176. The van der Waals surface area contributed by atoms with Gasteiger partial charge in [0.25, 0.3) is 0 Å². The van der Waals surface area contributed by atoms with Crippen LogP contribution in [0.3, 0.4) is 0 Å². The van der Waals surface area contributed by atoms with Gasteiger partial charge in [0.1, 0.15) is 9.21 Å². The average molecular weight is 460 g/mol. The maximum Gasteiger partial charge on any atom is 0.151 e. The highest BCUT2D eigenvalue weighted by molar-refractivity contribution is 9.10. The highest BCUT2D eigenvalue weighted by Crippen LogP contribution is 2.38. The van der Waals surface area contributed by atoms with E-state index in [1.165, 1.54) is 6.42 Å². The van der Waals surface area contributed by atoms with Gasteiger partial charge in [0.15, 0.2) is 12.5 Å². The normalized spacial score (nSPS) is 31.2. The van der Waals surface area contributed by atoms with Crippen LogP contribution in [0.5, 0.6) is 0 Å². The largest absolute Gasteiger partial charge is 0.356 e. The second-order valence-corrected chi connectivity index (χ2v) is 8.01. The van der Waals surface area contributed by atoms with E-state index in [0.29, 0.717) is 5.92 Å². The van der Waals surface area contributed by atoms with E-state index in [2.05, 4.69) is 42.1 Å². The molecule has 0 radical (unpaired) electrons. The quantitative estimate of drug-likeness (QED) is 0.686. The van der Waals surface area contributed by atoms with Crippen LogP contribution in [-0.2, 0) is 9.47 Å². The number of nitrogens with zero attached hydrogens (tertiary/aromatic N) is 4. The average Bonchev–Trinajstić information content (AvgIpc) is 3.23. The van der Waals surface area contributed by atoms with Crippen LogP contribution in [-0.4, -0.2) is 32.3 Å². The van der Waals surface area contributed by atoms with Gasteiger partial charge in [-0.15, -0.1) is 0 Å². The number of hydrogen-bond donors (Lipinski definition) is 0. The number of rotatable bonds is 3. The molecule has 2 aliphatic rings. The molecule has 0 amide bonds. The van der Waals surface area contributed by atoms with Gasteiger partial charge in [-0.05, 0) is 82.0 Å². The van der Waals surface area contributed by atoms with Crippen LogP contribution >= 0.6 is 31.9 Å². The van der Waals surface area contributed by atoms with Gasteiger partial charge < -0.3 is 9.47 Å². The summed E-state index contributed by atoms with van der Waals surface area (Å²) in [5.74, 6) is 0.488. The van der Waals surface area contributed by atoms with Crippen molar-refractivity contribution in [3.05, 3.63) is 33.7 Å². The Kier molecular flexibility index (Phi) is 5.08. The lowest BCUT2D eigenvalue weighted by molar-refractivity contribution is -0.152. The zero-order valence-corrected chi connectivity index (χ0v) is 16.4. The molecule has 4 rings (SSSR count). The Morgan fingerprint density at radius 3 is 2.79 bits per heavy atom. The van der Waals surface area contributed by atoms with Gasteiger partial charge in [-0.3, -0.25) is 0 Å². The zero-order valence-electron chi connectivity index (χ0n) is 13.2. The van der Waals surface area contributed by atoms with Crippen molar-refractivity contribution in [2.24, 2.45) is 5.92 Å². The molecule has 2 fully saturated rings. The summed E-state index contributed by atoms with van der Waals surface area (Å²) >= 11 is 6.94. The first-order chi connectivity index (χ1) is 11.7. The molecule has 6 nitrogen and oxygen atoms in total. The molecule has 0 saturated carbocycles. The minimum absolute atomic E-state index is 0.0176. The minimum Gasteiger partial charge on any atom is -0.356 e. The number of hydrogen-bond acceptors (Lipinski definition) is 4. The van der Waals surface area contributed by atoms with Crippen LogP contribution in [0, 0.1) is 5.92 Å². The first kappa shape index (κ1) is 16.8. The molecule has 0 aliphatic carbocycles. The van der Waals surface area contributed by atoms with Gasteiger partial charge in [0.05, 0.1) is 12.3 Å². The standard InChI is InChI=1S/C16H20Br2N4O2/c17-13-5-8-21(20-13)15-3-1-2-12(24-15)11-6-9-23-16(10-11)22-14(18)4-7-19-22/h4-5,7-8,11-12,15-16H,1-3,6,9-10H2. The Labute approximate surface area is 157 Å². The molecule has 2 aromatic rings. The highest BCUT2D eigenvalue weighted by Gasteiger charge is 2.35. The van der Waals surface area contributed by atoms with Crippen molar-refractivity contribution in [2.45, 2.75) is 50.7 Å². The topological polar surface area (TPSA) is 54.1 Å². The lowest BCUT2D eigenvalue weighted by Crippen LogP contribution is -2.37. The third kappa shape index (κ3) is 3.47. The Morgan fingerprint density at radius 1 is 1.12 bits per heavy atom.